The lowest BCUT2D eigenvalue weighted by molar-refractivity contribution is -0.0209. The molecule has 0 bridgehead atoms. The third-order valence-corrected chi connectivity index (χ3v) is 3.39. The molecular weight excluding hydrogens is 204 g/mol. The summed E-state index contributed by atoms with van der Waals surface area (Å²) in [5.74, 6) is 0. The fourth-order valence-corrected chi connectivity index (χ4v) is 2.38. The Kier molecular flexibility index (Phi) is 3.86. The first-order valence-electron chi connectivity index (χ1n) is 4.53. The summed E-state index contributed by atoms with van der Waals surface area (Å²) in [5.41, 5.74) is 0.204. The molecule has 0 N–H and O–H groups in total. The molecule has 1 aliphatic carbocycles. The van der Waals surface area contributed by atoms with E-state index in [1.54, 1.807) is 0 Å². The van der Waals surface area contributed by atoms with E-state index in [0.717, 1.165) is 18.4 Å². The molecule has 0 atom stereocenters. The molecule has 1 rings (SSSR count). The van der Waals surface area contributed by atoms with Gasteiger partial charge in [0.25, 0.3) is 0 Å². The molecule has 0 radical (unpaired) electrons. The van der Waals surface area contributed by atoms with Gasteiger partial charge in [0, 0.05) is 11.9 Å². The van der Waals surface area contributed by atoms with Gasteiger partial charge in [-0.25, -0.2) is 0 Å². The highest BCUT2D eigenvalue weighted by molar-refractivity contribution is 9.09. The summed E-state index contributed by atoms with van der Waals surface area (Å²) in [6.07, 6.45) is 6.32. The van der Waals surface area contributed by atoms with Gasteiger partial charge in [-0.3, -0.25) is 0 Å². The molecule has 0 spiro atoms. The zero-order chi connectivity index (χ0) is 8.16. The second-order valence-corrected chi connectivity index (χ2v) is 3.93. The summed E-state index contributed by atoms with van der Waals surface area (Å²) in [5, 5.41) is 1.01. The van der Waals surface area contributed by atoms with E-state index in [9.17, 15) is 0 Å². The van der Waals surface area contributed by atoms with Gasteiger partial charge in [0.05, 0.1) is 5.60 Å². The molecule has 0 aliphatic heterocycles. The van der Waals surface area contributed by atoms with E-state index in [1.165, 1.54) is 25.7 Å². The molecule has 0 saturated heterocycles. The minimum absolute atomic E-state index is 0.204. The van der Waals surface area contributed by atoms with Crippen molar-refractivity contribution in [3.05, 3.63) is 0 Å². The van der Waals surface area contributed by atoms with Crippen molar-refractivity contribution in [3.63, 3.8) is 0 Å². The van der Waals surface area contributed by atoms with Crippen molar-refractivity contribution in [2.45, 2.75) is 44.6 Å². The summed E-state index contributed by atoms with van der Waals surface area (Å²) in [7, 11) is 0. The molecule has 0 unspecified atom stereocenters. The van der Waals surface area contributed by atoms with Crippen molar-refractivity contribution in [1.29, 1.82) is 0 Å². The van der Waals surface area contributed by atoms with Crippen LogP contribution in [0.1, 0.15) is 39.0 Å². The Labute approximate surface area is 77.6 Å². The Bertz CT molecular complexity index is 108. The number of ether oxygens (including phenoxy) is 1. The maximum Gasteiger partial charge on any atom is 0.0778 e. The maximum atomic E-state index is 5.84. The van der Waals surface area contributed by atoms with Gasteiger partial charge < -0.3 is 4.74 Å². The summed E-state index contributed by atoms with van der Waals surface area (Å²) >= 11 is 3.54. The molecule has 1 aliphatic rings. The molecule has 1 nitrogen and oxygen atoms in total. The average Bonchev–Trinajstić information content (AvgIpc) is 2.50. The van der Waals surface area contributed by atoms with Crippen molar-refractivity contribution in [1.82, 2.24) is 0 Å². The molecule has 11 heavy (non-hydrogen) atoms. The molecular formula is C9H17BrO. The van der Waals surface area contributed by atoms with Gasteiger partial charge in [0.1, 0.15) is 0 Å². The summed E-state index contributed by atoms with van der Waals surface area (Å²) in [4.78, 5) is 0. The Morgan fingerprint density at radius 3 is 2.45 bits per heavy atom. The van der Waals surface area contributed by atoms with Gasteiger partial charge in [-0.15, -0.1) is 0 Å². The molecule has 2 heteroatoms. The van der Waals surface area contributed by atoms with E-state index in [-0.39, 0.29) is 5.60 Å². The van der Waals surface area contributed by atoms with Crippen molar-refractivity contribution in [3.8, 4) is 0 Å². The number of hydrogen-bond acceptors (Lipinski definition) is 1. The van der Waals surface area contributed by atoms with Crippen molar-refractivity contribution < 1.29 is 4.74 Å². The normalized spacial score (nSPS) is 22.4. The van der Waals surface area contributed by atoms with E-state index >= 15 is 0 Å². The fraction of sp³-hybridized carbons (Fsp3) is 1.00. The number of halogens is 1. The third-order valence-electron chi connectivity index (χ3n) is 2.37. The Morgan fingerprint density at radius 1 is 1.36 bits per heavy atom. The molecule has 1 fully saturated rings. The van der Waals surface area contributed by atoms with Gasteiger partial charge in [0.15, 0.2) is 0 Å². The lowest BCUT2D eigenvalue weighted by Crippen LogP contribution is -2.31. The van der Waals surface area contributed by atoms with Crippen LogP contribution in [0.15, 0.2) is 0 Å². The smallest absolute Gasteiger partial charge is 0.0778 e. The predicted molar refractivity (Wildman–Crippen MR) is 51.2 cm³/mol. The first-order valence-corrected chi connectivity index (χ1v) is 5.65. The number of alkyl halides is 1. The molecule has 66 valence electrons. The highest BCUT2D eigenvalue weighted by Crippen LogP contribution is 2.34. The fourth-order valence-electron chi connectivity index (χ4n) is 1.65. The maximum absolute atomic E-state index is 5.84. The van der Waals surface area contributed by atoms with Crippen LogP contribution < -0.4 is 0 Å². The minimum atomic E-state index is 0.204. The van der Waals surface area contributed by atoms with Crippen LogP contribution in [0.3, 0.4) is 0 Å². The van der Waals surface area contributed by atoms with Gasteiger partial charge in [0.2, 0.25) is 0 Å². The largest absolute Gasteiger partial charge is 0.374 e. The lowest BCUT2D eigenvalue weighted by atomic mass is 10.1. The Hall–Kier alpha value is 0.440. The van der Waals surface area contributed by atoms with Crippen LogP contribution in [-0.4, -0.2) is 17.5 Å². The number of rotatable bonds is 4. The highest BCUT2D eigenvalue weighted by Gasteiger charge is 2.33. The second kappa shape index (κ2) is 4.46. The molecule has 0 aromatic heterocycles. The molecule has 0 aromatic rings. The topological polar surface area (TPSA) is 9.23 Å². The monoisotopic (exact) mass is 220 g/mol. The summed E-state index contributed by atoms with van der Waals surface area (Å²) in [6, 6.07) is 0. The number of hydrogen-bond donors (Lipinski definition) is 0. The van der Waals surface area contributed by atoms with Gasteiger partial charge >= 0.3 is 0 Å². The Balaban J connectivity index is 2.33. The molecule has 0 aromatic carbocycles. The van der Waals surface area contributed by atoms with E-state index < -0.39 is 0 Å². The summed E-state index contributed by atoms with van der Waals surface area (Å²) < 4.78 is 5.84. The summed E-state index contributed by atoms with van der Waals surface area (Å²) in [6.45, 7) is 3.09. The minimum Gasteiger partial charge on any atom is -0.374 e. The molecule has 1 saturated carbocycles. The average molecular weight is 221 g/mol. The van der Waals surface area contributed by atoms with E-state index in [0.29, 0.717) is 0 Å². The van der Waals surface area contributed by atoms with Crippen molar-refractivity contribution >= 4 is 15.9 Å². The van der Waals surface area contributed by atoms with Crippen LogP contribution in [0.25, 0.3) is 0 Å². The zero-order valence-corrected chi connectivity index (χ0v) is 8.82. The van der Waals surface area contributed by atoms with Gasteiger partial charge in [-0.1, -0.05) is 35.7 Å². The molecule has 0 heterocycles. The van der Waals surface area contributed by atoms with Crippen molar-refractivity contribution in [2.75, 3.05) is 11.9 Å². The standard InChI is InChI=1S/C9H17BrO/c1-2-7-11-9(8-10)5-3-4-6-9/h2-8H2,1H3. The first-order chi connectivity index (χ1) is 5.33. The van der Waals surface area contributed by atoms with Crippen LogP contribution in [0.5, 0.6) is 0 Å². The van der Waals surface area contributed by atoms with Crippen LogP contribution in [0, 0.1) is 0 Å². The lowest BCUT2D eigenvalue weighted by Gasteiger charge is -2.26. The molecule has 0 amide bonds. The van der Waals surface area contributed by atoms with E-state index in [2.05, 4.69) is 22.9 Å². The van der Waals surface area contributed by atoms with Crippen molar-refractivity contribution in [2.24, 2.45) is 0 Å². The van der Waals surface area contributed by atoms with Gasteiger partial charge in [-0.2, -0.15) is 0 Å². The zero-order valence-electron chi connectivity index (χ0n) is 7.24. The quantitative estimate of drug-likeness (QED) is 0.662. The second-order valence-electron chi connectivity index (χ2n) is 3.37. The highest BCUT2D eigenvalue weighted by atomic mass is 79.9. The van der Waals surface area contributed by atoms with E-state index in [4.69, 9.17) is 4.74 Å². The van der Waals surface area contributed by atoms with Crippen LogP contribution in [0.2, 0.25) is 0 Å². The predicted octanol–water partition coefficient (Wildman–Crippen LogP) is 3.12. The van der Waals surface area contributed by atoms with Crippen LogP contribution in [-0.2, 0) is 4.74 Å². The van der Waals surface area contributed by atoms with Gasteiger partial charge in [-0.05, 0) is 19.3 Å². The van der Waals surface area contributed by atoms with Crippen LogP contribution in [0.4, 0.5) is 0 Å². The SMILES string of the molecule is CCCOC1(CBr)CCCC1. The van der Waals surface area contributed by atoms with E-state index in [1.807, 2.05) is 0 Å². The first kappa shape index (κ1) is 9.53. The Morgan fingerprint density at radius 2 is 2.00 bits per heavy atom. The van der Waals surface area contributed by atoms with Crippen LogP contribution >= 0.6 is 15.9 Å². The third kappa shape index (κ3) is 2.45.